The average molecular weight is 508 g/mol. The number of carboxylic acids is 1. The number of aliphatic hydroxyl groups is 1. The van der Waals surface area contributed by atoms with Gasteiger partial charge in [0.2, 0.25) is 23.6 Å². The number of aliphatic carboxylic acids is 1. The summed E-state index contributed by atoms with van der Waals surface area (Å²) in [7, 11) is 0. The van der Waals surface area contributed by atoms with Crippen molar-refractivity contribution in [1.82, 2.24) is 15.5 Å². The monoisotopic (exact) mass is 507 g/mol. The van der Waals surface area contributed by atoms with Gasteiger partial charge in [0, 0.05) is 19.4 Å². The maximum Gasteiger partial charge on any atom is 0.326 e. The Labute approximate surface area is 207 Å². The molecule has 1 heterocycles. The molecule has 5 atom stereocenters. The summed E-state index contributed by atoms with van der Waals surface area (Å²) < 4.78 is 0. The highest BCUT2D eigenvalue weighted by Gasteiger charge is 2.40. The molecule has 2 rings (SSSR count). The van der Waals surface area contributed by atoms with Crippen LogP contribution in [0, 0.1) is 0 Å². The van der Waals surface area contributed by atoms with Crippen LogP contribution in [0.4, 0.5) is 0 Å². The van der Waals surface area contributed by atoms with Gasteiger partial charge in [-0.05, 0) is 43.9 Å². The molecule has 0 bridgehead atoms. The third kappa shape index (κ3) is 7.92. The first-order chi connectivity index (χ1) is 16.9. The molecule has 1 aliphatic heterocycles. The first kappa shape index (κ1) is 28.5. The van der Waals surface area contributed by atoms with Crippen molar-refractivity contribution in [3.05, 3.63) is 29.8 Å². The van der Waals surface area contributed by atoms with Crippen molar-refractivity contribution in [2.75, 3.05) is 6.54 Å². The van der Waals surface area contributed by atoms with Crippen LogP contribution in [0.25, 0.3) is 0 Å². The van der Waals surface area contributed by atoms with Gasteiger partial charge in [-0.3, -0.25) is 19.2 Å². The van der Waals surface area contributed by atoms with Crippen LogP contribution < -0.4 is 22.1 Å². The number of carboxylic acid groups (broad SMARTS) is 1. The fourth-order valence-corrected chi connectivity index (χ4v) is 3.89. The summed E-state index contributed by atoms with van der Waals surface area (Å²) in [6.07, 6.45) is -0.879. The van der Waals surface area contributed by atoms with Crippen LogP contribution in [0.15, 0.2) is 24.3 Å². The minimum absolute atomic E-state index is 0.00405. The zero-order valence-electron chi connectivity index (χ0n) is 19.9. The van der Waals surface area contributed by atoms with Crippen LogP contribution in [-0.4, -0.2) is 86.6 Å². The summed E-state index contributed by atoms with van der Waals surface area (Å²) in [5.41, 5.74) is 11.5. The Balaban J connectivity index is 2.22. The van der Waals surface area contributed by atoms with E-state index in [1.54, 1.807) is 0 Å². The number of nitrogens with one attached hydrogen (secondary N) is 2. The maximum atomic E-state index is 13.2. The highest BCUT2D eigenvalue weighted by atomic mass is 16.4. The lowest BCUT2D eigenvalue weighted by Gasteiger charge is -2.30. The molecule has 13 heteroatoms. The normalized spacial score (nSPS) is 18.5. The lowest BCUT2D eigenvalue weighted by molar-refractivity contribution is -0.150. The molecule has 0 radical (unpaired) electrons. The third-order valence-corrected chi connectivity index (χ3v) is 5.91. The number of hydrogen-bond acceptors (Lipinski definition) is 8. The van der Waals surface area contributed by atoms with Crippen LogP contribution in [-0.2, 0) is 30.4 Å². The zero-order chi connectivity index (χ0) is 27.0. The van der Waals surface area contributed by atoms with Crippen LogP contribution in [0.2, 0.25) is 0 Å². The number of rotatable bonds is 12. The Bertz CT molecular complexity index is 968. The van der Waals surface area contributed by atoms with Crippen molar-refractivity contribution in [3.8, 4) is 5.75 Å². The number of aromatic hydroxyl groups is 1. The minimum Gasteiger partial charge on any atom is -0.508 e. The van der Waals surface area contributed by atoms with Crippen LogP contribution in [0.1, 0.15) is 38.2 Å². The zero-order valence-corrected chi connectivity index (χ0v) is 19.9. The van der Waals surface area contributed by atoms with Crippen molar-refractivity contribution in [3.63, 3.8) is 0 Å². The van der Waals surface area contributed by atoms with Crippen LogP contribution in [0.5, 0.6) is 5.75 Å². The molecule has 0 spiro atoms. The number of carbonyl (C=O) groups excluding carboxylic acids is 4. The highest BCUT2D eigenvalue weighted by Crippen LogP contribution is 2.19. The largest absolute Gasteiger partial charge is 0.508 e. The number of primary amides is 1. The number of phenolic OH excluding ortho intramolecular Hbond substituents is 1. The predicted molar refractivity (Wildman–Crippen MR) is 126 cm³/mol. The van der Waals surface area contributed by atoms with Gasteiger partial charge in [0.25, 0.3) is 0 Å². The summed E-state index contributed by atoms with van der Waals surface area (Å²) in [5.74, 6) is -4.13. The van der Waals surface area contributed by atoms with E-state index in [2.05, 4.69) is 10.6 Å². The lowest BCUT2D eigenvalue weighted by atomic mass is 10.0. The van der Waals surface area contributed by atoms with E-state index < -0.39 is 59.9 Å². The molecule has 198 valence electrons. The SMILES string of the molecule is CC(O)C(NC(=O)C(Cc1ccc(O)cc1)NC(=O)C(N)CCC(N)=O)C(=O)N1CCCC1C(=O)O. The smallest absolute Gasteiger partial charge is 0.326 e. The van der Waals surface area contributed by atoms with Gasteiger partial charge in [0.1, 0.15) is 23.9 Å². The van der Waals surface area contributed by atoms with E-state index in [1.807, 2.05) is 0 Å². The van der Waals surface area contributed by atoms with Gasteiger partial charge in [0.15, 0.2) is 0 Å². The molecule has 9 N–H and O–H groups in total. The Morgan fingerprint density at radius 2 is 1.75 bits per heavy atom. The fourth-order valence-electron chi connectivity index (χ4n) is 3.89. The molecular formula is C23H33N5O8. The topological polar surface area (TPSA) is 225 Å². The third-order valence-electron chi connectivity index (χ3n) is 5.91. The molecule has 1 fully saturated rings. The second kappa shape index (κ2) is 12.8. The molecule has 1 aliphatic rings. The van der Waals surface area contributed by atoms with Crippen molar-refractivity contribution in [2.45, 2.75) is 69.3 Å². The number of nitrogens with two attached hydrogens (primary N) is 2. The van der Waals surface area contributed by atoms with E-state index in [9.17, 15) is 39.3 Å². The molecule has 4 amide bonds. The Morgan fingerprint density at radius 3 is 2.31 bits per heavy atom. The molecule has 13 nitrogen and oxygen atoms in total. The van der Waals surface area contributed by atoms with E-state index in [4.69, 9.17) is 11.5 Å². The first-order valence-corrected chi connectivity index (χ1v) is 11.5. The lowest BCUT2D eigenvalue weighted by Crippen LogP contribution is -2.60. The van der Waals surface area contributed by atoms with Crippen LogP contribution >= 0.6 is 0 Å². The molecule has 1 aromatic carbocycles. The van der Waals surface area contributed by atoms with Gasteiger partial charge in [-0.2, -0.15) is 0 Å². The molecule has 5 unspecified atom stereocenters. The number of nitrogens with zero attached hydrogens (tertiary/aromatic N) is 1. The van der Waals surface area contributed by atoms with Gasteiger partial charge in [0.05, 0.1) is 12.1 Å². The molecule has 0 aliphatic carbocycles. The Morgan fingerprint density at radius 1 is 1.11 bits per heavy atom. The molecule has 1 saturated heterocycles. The average Bonchev–Trinajstić information content (AvgIpc) is 3.31. The molecule has 1 aromatic rings. The second-order valence-electron chi connectivity index (χ2n) is 8.80. The van der Waals surface area contributed by atoms with Gasteiger partial charge in [-0.1, -0.05) is 12.1 Å². The molecule has 36 heavy (non-hydrogen) atoms. The fraction of sp³-hybridized carbons (Fsp3) is 0.522. The van der Waals surface area contributed by atoms with E-state index >= 15 is 0 Å². The van der Waals surface area contributed by atoms with E-state index in [0.29, 0.717) is 12.0 Å². The molecule has 0 aromatic heterocycles. The van der Waals surface area contributed by atoms with Gasteiger partial charge in [-0.15, -0.1) is 0 Å². The van der Waals surface area contributed by atoms with Crippen molar-refractivity contribution >= 4 is 29.6 Å². The summed E-state index contributed by atoms with van der Waals surface area (Å²) in [4.78, 5) is 62.4. The van der Waals surface area contributed by atoms with E-state index in [-0.39, 0.29) is 38.0 Å². The number of hydrogen-bond donors (Lipinski definition) is 7. The van der Waals surface area contributed by atoms with E-state index in [0.717, 1.165) is 4.90 Å². The van der Waals surface area contributed by atoms with Gasteiger partial charge >= 0.3 is 5.97 Å². The number of amides is 4. The molecule has 0 saturated carbocycles. The van der Waals surface area contributed by atoms with Crippen LogP contribution in [0.3, 0.4) is 0 Å². The summed E-state index contributed by atoms with van der Waals surface area (Å²) >= 11 is 0. The number of phenols is 1. The summed E-state index contributed by atoms with van der Waals surface area (Å²) in [6, 6.07) is 0.957. The quantitative estimate of drug-likeness (QED) is 0.165. The van der Waals surface area contributed by atoms with E-state index in [1.165, 1.54) is 31.2 Å². The minimum atomic E-state index is -1.46. The summed E-state index contributed by atoms with van der Waals surface area (Å²) in [6.45, 7) is 1.44. The highest BCUT2D eigenvalue weighted by molar-refractivity contribution is 5.94. The maximum absolute atomic E-state index is 13.2. The molecular weight excluding hydrogens is 474 g/mol. The van der Waals surface area contributed by atoms with Crippen molar-refractivity contribution in [1.29, 1.82) is 0 Å². The number of aliphatic hydroxyl groups excluding tert-OH is 1. The first-order valence-electron chi connectivity index (χ1n) is 11.5. The number of benzene rings is 1. The second-order valence-corrected chi connectivity index (χ2v) is 8.80. The summed E-state index contributed by atoms with van der Waals surface area (Å²) in [5, 5.41) is 34.0. The Hall–Kier alpha value is -3.71. The van der Waals surface area contributed by atoms with Gasteiger partial charge < -0.3 is 42.3 Å². The van der Waals surface area contributed by atoms with Gasteiger partial charge in [-0.25, -0.2) is 4.79 Å². The number of likely N-dealkylation sites (tertiary alicyclic amines) is 1. The van der Waals surface area contributed by atoms with Crippen molar-refractivity contribution < 1.29 is 39.3 Å². The number of carbonyl (C=O) groups is 5. The Kier molecular flexibility index (Phi) is 10.2. The van der Waals surface area contributed by atoms with Crippen molar-refractivity contribution in [2.24, 2.45) is 11.5 Å². The standard InChI is InChI=1S/C23H33N5O8/c1-12(29)19(22(34)28-10-2-3-17(28)23(35)36)27-21(33)16(11-13-4-6-14(30)7-5-13)26-20(32)15(24)8-9-18(25)31/h4-7,12,15-17,19,29-30H,2-3,8-11,24H2,1H3,(H2,25,31)(H,26,32)(H,27,33)(H,35,36). The predicted octanol–water partition coefficient (Wildman–Crippen LogP) is -2.05.